The number of ether oxygens (including phenoxy) is 1. The summed E-state index contributed by atoms with van der Waals surface area (Å²) in [5.74, 6) is 1.61. The molecule has 0 aliphatic carbocycles. The first-order chi connectivity index (χ1) is 7.31. The Kier molecular flexibility index (Phi) is 2.82. The van der Waals surface area contributed by atoms with Gasteiger partial charge in [0, 0.05) is 19.9 Å². The molecule has 0 aliphatic rings. The lowest BCUT2D eigenvalue weighted by molar-refractivity contribution is 0.210. The van der Waals surface area contributed by atoms with Gasteiger partial charge in [-0.2, -0.15) is 0 Å². The molecule has 0 saturated heterocycles. The molecule has 0 radical (unpaired) electrons. The van der Waals surface area contributed by atoms with Gasteiger partial charge in [-0.3, -0.25) is 0 Å². The molecule has 0 fully saturated rings. The minimum Gasteiger partial charge on any atom is -0.383 e. The van der Waals surface area contributed by atoms with Crippen LogP contribution in [0.4, 0.5) is 5.82 Å². The van der Waals surface area contributed by atoms with Crippen molar-refractivity contribution in [1.29, 1.82) is 0 Å². The zero-order chi connectivity index (χ0) is 10.7. The normalized spacial score (nSPS) is 10.8. The zero-order valence-electron chi connectivity index (χ0n) is 8.87. The van der Waals surface area contributed by atoms with Crippen LogP contribution in [0.3, 0.4) is 0 Å². The fraction of sp³-hybridized carbons (Fsp3) is 0.400. The summed E-state index contributed by atoms with van der Waals surface area (Å²) in [7, 11) is 1.68. The number of rotatable bonds is 4. The molecule has 2 rings (SSSR count). The average molecular weight is 206 g/mol. The van der Waals surface area contributed by atoms with Crippen molar-refractivity contribution in [3.63, 3.8) is 0 Å². The van der Waals surface area contributed by atoms with E-state index in [1.165, 1.54) is 0 Å². The molecular formula is C10H14N4O. The largest absolute Gasteiger partial charge is 0.383 e. The third-order valence-corrected chi connectivity index (χ3v) is 2.13. The monoisotopic (exact) mass is 206 g/mol. The van der Waals surface area contributed by atoms with Crippen LogP contribution in [0.5, 0.6) is 0 Å². The van der Waals surface area contributed by atoms with Gasteiger partial charge in [0.1, 0.15) is 17.3 Å². The van der Waals surface area contributed by atoms with E-state index >= 15 is 0 Å². The summed E-state index contributed by atoms with van der Waals surface area (Å²) in [5, 5.41) is 4.23. The van der Waals surface area contributed by atoms with E-state index in [9.17, 15) is 0 Å². The molecule has 0 amide bonds. The molecule has 0 saturated carbocycles. The Bertz CT molecular complexity index is 452. The van der Waals surface area contributed by atoms with Crippen molar-refractivity contribution in [2.24, 2.45) is 0 Å². The lowest BCUT2D eigenvalue weighted by Crippen LogP contribution is -2.09. The molecule has 5 nitrogen and oxygen atoms in total. The Morgan fingerprint density at radius 2 is 2.33 bits per heavy atom. The summed E-state index contributed by atoms with van der Waals surface area (Å²) in [4.78, 5) is 11.7. The zero-order valence-corrected chi connectivity index (χ0v) is 8.87. The summed E-state index contributed by atoms with van der Waals surface area (Å²) < 4.78 is 4.97. The molecule has 5 heteroatoms. The number of fused-ring (bicyclic) bond motifs is 1. The number of aryl methyl sites for hydroxylation is 1. The van der Waals surface area contributed by atoms with E-state index in [-0.39, 0.29) is 0 Å². The van der Waals surface area contributed by atoms with Crippen LogP contribution >= 0.6 is 0 Å². The van der Waals surface area contributed by atoms with Gasteiger partial charge in [0.15, 0.2) is 0 Å². The Balaban J connectivity index is 2.27. The second kappa shape index (κ2) is 4.27. The third-order valence-electron chi connectivity index (χ3n) is 2.13. The van der Waals surface area contributed by atoms with Crippen LogP contribution in [-0.2, 0) is 4.74 Å². The molecule has 0 aliphatic heterocycles. The van der Waals surface area contributed by atoms with Crippen LogP contribution in [0.1, 0.15) is 5.82 Å². The first-order valence-corrected chi connectivity index (χ1v) is 4.86. The molecule has 15 heavy (non-hydrogen) atoms. The van der Waals surface area contributed by atoms with Gasteiger partial charge in [0.2, 0.25) is 0 Å². The Hall–Kier alpha value is -1.62. The fourth-order valence-corrected chi connectivity index (χ4v) is 1.46. The molecule has 0 unspecified atom stereocenters. The van der Waals surface area contributed by atoms with Crippen LogP contribution in [0, 0.1) is 6.92 Å². The van der Waals surface area contributed by atoms with E-state index in [4.69, 9.17) is 4.74 Å². The Morgan fingerprint density at radius 3 is 3.13 bits per heavy atom. The maximum Gasteiger partial charge on any atom is 0.143 e. The standard InChI is InChI=1S/C10H14N4O/c1-7-13-9-8(3-4-11-9)10(14-7)12-5-6-15-2/h3-4H,5-6H2,1-2H3,(H2,11,12,13,14). The molecule has 2 N–H and O–H groups in total. The van der Waals surface area contributed by atoms with E-state index < -0.39 is 0 Å². The van der Waals surface area contributed by atoms with E-state index in [2.05, 4.69) is 20.3 Å². The summed E-state index contributed by atoms with van der Waals surface area (Å²) in [5.41, 5.74) is 0.863. The quantitative estimate of drug-likeness (QED) is 0.741. The number of aromatic nitrogens is 3. The van der Waals surface area contributed by atoms with Crippen molar-refractivity contribution in [2.75, 3.05) is 25.6 Å². The van der Waals surface area contributed by atoms with Crippen molar-refractivity contribution in [1.82, 2.24) is 15.0 Å². The van der Waals surface area contributed by atoms with Gasteiger partial charge in [-0.1, -0.05) is 0 Å². The van der Waals surface area contributed by atoms with Gasteiger partial charge in [-0.25, -0.2) is 9.97 Å². The highest BCUT2D eigenvalue weighted by Crippen LogP contribution is 2.18. The molecular weight excluding hydrogens is 192 g/mol. The summed E-state index contributed by atoms with van der Waals surface area (Å²) >= 11 is 0. The van der Waals surface area contributed by atoms with Gasteiger partial charge in [-0.15, -0.1) is 0 Å². The van der Waals surface area contributed by atoms with Gasteiger partial charge in [-0.05, 0) is 13.0 Å². The maximum absolute atomic E-state index is 4.97. The Morgan fingerprint density at radius 1 is 1.47 bits per heavy atom. The van der Waals surface area contributed by atoms with Gasteiger partial charge < -0.3 is 15.0 Å². The SMILES string of the molecule is COCCNc1nc(C)nc2[nH]ccc12. The summed E-state index contributed by atoms with van der Waals surface area (Å²) in [6.45, 7) is 3.28. The number of nitrogens with one attached hydrogen (secondary N) is 2. The Labute approximate surface area is 87.9 Å². The average Bonchev–Trinajstić information content (AvgIpc) is 2.65. The van der Waals surface area contributed by atoms with E-state index in [0.29, 0.717) is 6.61 Å². The van der Waals surface area contributed by atoms with Crippen LogP contribution in [-0.4, -0.2) is 35.2 Å². The van der Waals surface area contributed by atoms with E-state index in [0.717, 1.165) is 29.2 Å². The number of anilines is 1. The van der Waals surface area contributed by atoms with Crippen molar-refractivity contribution in [3.05, 3.63) is 18.1 Å². The molecule has 0 bridgehead atoms. The van der Waals surface area contributed by atoms with Crippen LogP contribution in [0.25, 0.3) is 11.0 Å². The van der Waals surface area contributed by atoms with Gasteiger partial charge in [0.05, 0.1) is 12.0 Å². The molecule has 0 atom stereocenters. The molecule has 0 spiro atoms. The minimum absolute atomic E-state index is 0.662. The van der Waals surface area contributed by atoms with Crippen molar-refractivity contribution in [2.45, 2.75) is 6.92 Å². The first-order valence-electron chi connectivity index (χ1n) is 4.86. The maximum atomic E-state index is 4.97. The van der Waals surface area contributed by atoms with E-state index in [1.807, 2.05) is 19.2 Å². The van der Waals surface area contributed by atoms with Crippen LogP contribution < -0.4 is 5.32 Å². The highest BCUT2D eigenvalue weighted by molar-refractivity contribution is 5.86. The molecule has 2 aromatic heterocycles. The van der Waals surface area contributed by atoms with Crippen molar-refractivity contribution >= 4 is 16.9 Å². The predicted octanol–water partition coefficient (Wildman–Crippen LogP) is 1.32. The lowest BCUT2D eigenvalue weighted by atomic mass is 10.3. The molecule has 2 aromatic rings. The minimum atomic E-state index is 0.662. The molecule has 80 valence electrons. The second-order valence-electron chi connectivity index (χ2n) is 3.28. The number of nitrogens with zero attached hydrogens (tertiary/aromatic N) is 2. The smallest absolute Gasteiger partial charge is 0.143 e. The number of aromatic amines is 1. The highest BCUT2D eigenvalue weighted by Gasteiger charge is 2.05. The van der Waals surface area contributed by atoms with Crippen molar-refractivity contribution < 1.29 is 4.74 Å². The second-order valence-corrected chi connectivity index (χ2v) is 3.28. The number of hydrogen-bond acceptors (Lipinski definition) is 4. The highest BCUT2D eigenvalue weighted by atomic mass is 16.5. The van der Waals surface area contributed by atoms with Crippen LogP contribution in [0.2, 0.25) is 0 Å². The van der Waals surface area contributed by atoms with Gasteiger partial charge in [0.25, 0.3) is 0 Å². The summed E-state index contributed by atoms with van der Waals surface area (Å²) in [6.07, 6.45) is 1.86. The predicted molar refractivity (Wildman–Crippen MR) is 59.0 cm³/mol. The third kappa shape index (κ3) is 2.07. The molecule has 2 heterocycles. The molecule has 0 aromatic carbocycles. The summed E-state index contributed by atoms with van der Waals surface area (Å²) in [6, 6.07) is 1.96. The van der Waals surface area contributed by atoms with Crippen LogP contribution in [0.15, 0.2) is 12.3 Å². The first kappa shape index (κ1) is 9.92. The van der Waals surface area contributed by atoms with Gasteiger partial charge >= 0.3 is 0 Å². The number of hydrogen-bond donors (Lipinski definition) is 2. The fourth-order valence-electron chi connectivity index (χ4n) is 1.46. The van der Waals surface area contributed by atoms with E-state index in [1.54, 1.807) is 7.11 Å². The number of methoxy groups -OCH3 is 1. The lowest BCUT2D eigenvalue weighted by Gasteiger charge is -2.06. The number of H-pyrrole nitrogens is 1. The topological polar surface area (TPSA) is 62.8 Å². The van der Waals surface area contributed by atoms with Crippen molar-refractivity contribution in [3.8, 4) is 0 Å².